The number of hydrogen-bond acceptors (Lipinski definition) is 6. The molecule has 154 valence electrons. The van der Waals surface area contributed by atoms with Crippen molar-refractivity contribution in [2.45, 2.75) is 47.8 Å². The summed E-state index contributed by atoms with van der Waals surface area (Å²) in [6.07, 6.45) is 7.18. The van der Waals surface area contributed by atoms with Crippen molar-refractivity contribution in [3.63, 3.8) is 0 Å². The molecule has 1 aliphatic carbocycles. The number of hydrogen-bond donors (Lipinski definition) is 1. The minimum Gasteiger partial charge on any atom is -0.255 e. The summed E-state index contributed by atoms with van der Waals surface area (Å²) in [4.78, 5) is 4.64. The van der Waals surface area contributed by atoms with Crippen LogP contribution in [0.5, 0.6) is 0 Å². The molecule has 2 aromatic carbocycles. The van der Waals surface area contributed by atoms with Crippen molar-refractivity contribution in [1.82, 2.24) is 4.98 Å². The van der Waals surface area contributed by atoms with Gasteiger partial charge in [0.05, 0.1) is 20.0 Å². The normalized spacial score (nSPS) is 16.2. The van der Waals surface area contributed by atoms with Crippen LogP contribution in [-0.2, 0) is 19.9 Å². The summed E-state index contributed by atoms with van der Waals surface area (Å²) in [6, 6.07) is 11.7. The summed E-state index contributed by atoms with van der Waals surface area (Å²) in [6.45, 7) is 0. The van der Waals surface area contributed by atoms with Gasteiger partial charge in [-0.2, -0.15) is 0 Å². The van der Waals surface area contributed by atoms with E-state index in [2.05, 4.69) is 9.71 Å². The minimum absolute atomic E-state index is 0.182. The molecular weight excluding hydrogens is 428 g/mol. The molecule has 1 aliphatic rings. The lowest BCUT2D eigenvalue weighted by Gasteiger charge is -2.22. The Labute approximate surface area is 175 Å². The van der Waals surface area contributed by atoms with Crippen LogP contribution in [0.4, 0.5) is 5.13 Å². The van der Waals surface area contributed by atoms with Gasteiger partial charge in [-0.3, -0.25) is 4.72 Å². The highest BCUT2D eigenvalue weighted by molar-refractivity contribution is 7.93. The Morgan fingerprint density at radius 1 is 0.931 bits per heavy atom. The molecular formula is C20H22N2O4S3. The first kappa shape index (κ1) is 20.3. The number of sulfonamides is 1. The van der Waals surface area contributed by atoms with E-state index in [-0.39, 0.29) is 14.9 Å². The fraction of sp³-hybridized carbons (Fsp3) is 0.350. The number of fused-ring (bicyclic) bond motifs is 1. The Hall–Kier alpha value is -1.97. The summed E-state index contributed by atoms with van der Waals surface area (Å²) in [7, 11) is -7.10. The molecule has 9 heteroatoms. The Morgan fingerprint density at radius 3 is 2.24 bits per heavy atom. The van der Waals surface area contributed by atoms with E-state index in [0.717, 1.165) is 30.4 Å². The largest absolute Gasteiger partial charge is 0.263 e. The first-order chi connectivity index (χ1) is 13.7. The predicted octanol–water partition coefficient (Wildman–Crippen LogP) is 4.55. The number of rotatable bonds is 5. The van der Waals surface area contributed by atoms with Crippen LogP contribution in [0.1, 0.15) is 43.6 Å². The summed E-state index contributed by atoms with van der Waals surface area (Å²) in [5.41, 5.74) is 1.74. The van der Waals surface area contributed by atoms with E-state index in [4.69, 9.17) is 0 Å². The number of aromatic nitrogens is 1. The predicted molar refractivity (Wildman–Crippen MR) is 116 cm³/mol. The number of nitrogens with zero attached hydrogens (tertiary/aromatic N) is 1. The van der Waals surface area contributed by atoms with Crippen molar-refractivity contribution in [2.75, 3.05) is 11.0 Å². The first-order valence-electron chi connectivity index (χ1n) is 9.46. The average molecular weight is 451 g/mol. The standard InChI is InChI=1S/C20H22N2O4S3/c1-28(23,24)17-11-12-18-19(13-17)27-20(21-18)22-29(25,26)16-9-7-15(8-10-16)14-5-3-2-4-6-14/h7-14H,2-6H2,1H3,(H,21,22). The van der Waals surface area contributed by atoms with Crippen LogP contribution in [0.3, 0.4) is 0 Å². The molecule has 0 aliphatic heterocycles. The number of nitrogens with one attached hydrogen (secondary N) is 1. The van der Waals surface area contributed by atoms with E-state index in [0.29, 0.717) is 16.1 Å². The van der Waals surface area contributed by atoms with Gasteiger partial charge in [0.15, 0.2) is 15.0 Å². The van der Waals surface area contributed by atoms with Gasteiger partial charge in [0.1, 0.15) is 0 Å². The van der Waals surface area contributed by atoms with Crippen molar-refractivity contribution in [3.8, 4) is 0 Å². The zero-order chi connectivity index (χ0) is 20.6. The lowest BCUT2D eigenvalue weighted by Crippen LogP contribution is -2.13. The quantitative estimate of drug-likeness (QED) is 0.616. The lowest BCUT2D eigenvalue weighted by molar-refractivity contribution is 0.443. The third kappa shape index (κ3) is 4.46. The van der Waals surface area contributed by atoms with Crippen molar-refractivity contribution in [3.05, 3.63) is 48.0 Å². The van der Waals surface area contributed by atoms with E-state index < -0.39 is 19.9 Å². The van der Waals surface area contributed by atoms with Crippen LogP contribution in [0.2, 0.25) is 0 Å². The molecule has 1 N–H and O–H groups in total. The van der Waals surface area contributed by atoms with Gasteiger partial charge < -0.3 is 0 Å². The zero-order valence-corrected chi connectivity index (χ0v) is 18.4. The number of sulfone groups is 1. The van der Waals surface area contributed by atoms with Gasteiger partial charge >= 0.3 is 0 Å². The first-order valence-corrected chi connectivity index (χ1v) is 13.6. The fourth-order valence-corrected chi connectivity index (χ4v) is 6.57. The van der Waals surface area contributed by atoms with Crippen LogP contribution in [0.25, 0.3) is 10.2 Å². The molecule has 29 heavy (non-hydrogen) atoms. The van der Waals surface area contributed by atoms with Crippen LogP contribution < -0.4 is 4.72 Å². The summed E-state index contributed by atoms with van der Waals surface area (Å²) < 4.78 is 52.0. The number of benzene rings is 2. The molecule has 1 heterocycles. The maximum atomic E-state index is 12.8. The Morgan fingerprint density at radius 2 is 1.59 bits per heavy atom. The summed E-state index contributed by atoms with van der Waals surface area (Å²) >= 11 is 1.11. The summed E-state index contributed by atoms with van der Waals surface area (Å²) in [5.74, 6) is 0.516. The average Bonchev–Trinajstić information content (AvgIpc) is 3.09. The highest BCUT2D eigenvalue weighted by Crippen LogP contribution is 2.33. The van der Waals surface area contributed by atoms with Gasteiger partial charge in [-0.25, -0.2) is 21.8 Å². The van der Waals surface area contributed by atoms with Crippen LogP contribution in [0, 0.1) is 0 Å². The van der Waals surface area contributed by atoms with Gasteiger partial charge in [-0.1, -0.05) is 42.7 Å². The van der Waals surface area contributed by atoms with Gasteiger partial charge in [0.2, 0.25) is 0 Å². The van der Waals surface area contributed by atoms with Crippen molar-refractivity contribution in [2.24, 2.45) is 0 Å². The molecule has 1 aromatic heterocycles. The SMILES string of the molecule is CS(=O)(=O)c1ccc2nc(NS(=O)(=O)c3ccc(C4CCCCC4)cc3)sc2c1. The molecule has 0 radical (unpaired) electrons. The number of anilines is 1. The second kappa shape index (κ2) is 7.70. The number of thiazole rings is 1. The smallest absolute Gasteiger partial charge is 0.255 e. The second-order valence-corrected chi connectivity index (χ2v) is 12.2. The fourth-order valence-electron chi connectivity index (χ4n) is 3.71. The van der Waals surface area contributed by atoms with Crippen LogP contribution in [0.15, 0.2) is 52.3 Å². The van der Waals surface area contributed by atoms with Crippen molar-refractivity contribution < 1.29 is 16.8 Å². The van der Waals surface area contributed by atoms with Crippen molar-refractivity contribution >= 4 is 46.5 Å². The van der Waals surface area contributed by atoms with Crippen LogP contribution >= 0.6 is 11.3 Å². The summed E-state index contributed by atoms with van der Waals surface area (Å²) in [5, 5.41) is 0.210. The maximum absolute atomic E-state index is 12.8. The van der Waals surface area contributed by atoms with E-state index in [1.54, 1.807) is 18.2 Å². The Bertz CT molecular complexity index is 1240. The van der Waals surface area contributed by atoms with Gasteiger partial charge in [0.25, 0.3) is 10.0 Å². The molecule has 1 fully saturated rings. The molecule has 0 amide bonds. The topological polar surface area (TPSA) is 93.2 Å². The van der Waals surface area contributed by atoms with E-state index >= 15 is 0 Å². The molecule has 0 spiro atoms. The highest BCUT2D eigenvalue weighted by atomic mass is 32.2. The molecule has 0 saturated heterocycles. The second-order valence-electron chi connectivity index (χ2n) is 7.43. The monoisotopic (exact) mass is 450 g/mol. The minimum atomic E-state index is -3.77. The van der Waals surface area contributed by atoms with Crippen molar-refractivity contribution in [1.29, 1.82) is 0 Å². The lowest BCUT2D eigenvalue weighted by atomic mass is 9.84. The van der Waals surface area contributed by atoms with Gasteiger partial charge in [0, 0.05) is 6.26 Å². The molecule has 0 unspecified atom stereocenters. The molecule has 4 rings (SSSR count). The Kier molecular flexibility index (Phi) is 5.39. The molecule has 0 atom stereocenters. The molecule has 0 bridgehead atoms. The molecule has 6 nitrogen and oxygen atoms in total. The zero-order valence-electron chi connectivity index (χ0n) is 16.0. The van der Waals surface area contributed by atoms with E-state index in [9.17, 15) is 16.8 Å². The van der Waals surface area contributed by atoms with Gasteiger partial charge in [-0.05, 0) is 54.7 Å². The molecule has 3 aromatic rings. The third-order valence-electron chi connectivity index (χ3n) is 5.28. The highest BCUT2D eigenvalue weighted by Gasteiger charge is 2.20. The Balaban J connectivity index is 1.56. The van der Waals surface area contributed by atoms with E-state index in [1.165, 1.54) is 37.0 Å². The maximum Gasteiger partial charge on any atom is 0.263 e. The van der Waals surface area contributed by atoms with Gasteiger partial charge in [-0.15, -0.1) is 0 Å². The van der Waals surface area contributed by atoms with Crippen LogP contribution in [-0.4, -0.2) is 28.1 Å². The third-order valence-corrected chi connectivity index (χ3v) is 8.80. The molecule has 1 saturated carbocycles. The van der Waals surface area contributed by atoms with E-state index in [1.807, 2.05) is 12.1 Å².